The van der Waals surface area contributed by atoms with Crippen LogP contribution < -0.4 is 5.32 Å². The van der Waals surface area contributed by atoms with Crippen LogP contribution in [0.3, 0.4) is 0 Å². The van der Waals surface area contributed by atoms with Crippen molar-refractivity contribution in [2.45, 2.75) is 13.8 Å². The Balaban J connectivity index is 2.56. The van der Waals surface area contributed by atoms with E-state index in [1.807, 2.05) is 20.2 Å². The molecule has 2 rings (SSSR count). The highest BCUT2D eigenvalue weighted by molar-refractivity contribution is 7.10. The van der Waals surface area contributed by atoms with Gasteiger partial charge in [-0.05, 0) is 30.9 Å². The van der Waals surface area contributed by atoms with Gasteiger partial charge >= 0.3 is 0 Å². The zero-order valence-electron chi connectivity index (χ0n) is 9.03. The molecular weight excluding hydrogens is 206 g/mol. The maximum Gasteiger partial charge on any atom is 0.222 e. The largest absolute Gasteiger partial charge is 0.357 e. The van der Waals surface area contributed by atoms with E-state index in [4.69, 9.17) is 0 Å². The molecule has 0 amide bonds. The van der Waals surface area contributed by atoms with Crippen LogP contribution in [0.15, 0.2) is 17.6 Å². The van der Waals surface area contributed by atoms with E-state index < -0.39 is 0 Å². The van der Waals surface area contributed by atoms with Crippen LogP contribution in [0.25, 0.3) is 11.3 Å². The van der Waals surface area contributed by atoms with E-state index in [2.05, 4.69) is 33.7 Å². The molecule has 0 bridgehead atoms. The molecule has 3 nitrogen and oxygen atoms in total. The first-order valence-electron chi connectivity index (χ1n) is 4.78. The number of rotatable bonds is 2. The van der Waals surface area contributed by atoms with Gasteiger partial charge < -0.3 is 5.32 Å². The molecule has 0 unspecified atom stereocenters. The molecule has 0 aliphatic carbocycles. The Morgan fingerprint density at radius 1 is 1.33 bits per heavy atom. The molecule has 0 spiro atoms. The molecule has 0 aliphatic rings. The first-order chi connectivity index (χ1) is 7.22. The summed E-state index contributed by atoms with van der Waals surface area (Å²) in [5.41, 5.74) is 3.33. The molecule has 0 aliphatic heterocycles. The number of aromatic nitrogens is 2. The molecule has 2 aromatic rings. The molecule has 0 fully saturated rings. The van der Waals surface area contributed by atoms with Gasteiger partial charge in [0.2, 0.25) is 5.95 Å². The molecule has 0 aromatic carbocycles. The lowest BCUT2D eigenvalue weighted by atomic mass is 10.1. The normalized spacial score (nSPS) is 10.3. The smallest absolute Gasteiger partial charge is 0.222 e. The molecule has 15 heavy (non-hydrogen) atoms. The number of thiophene rings is 1. The number of hydrogen-bond acceptors (Lipinski definition) is 4. The van der Waals surface area contributed by atoms with Crippen LogP contribution in [-0.2, 0) is 0 Å². The maximum atomic E-state index is 4.48. The van der Waals surface area contributed by atoms with E-state index in [9.17, 15) is 0 Å². The van der Waals surface area contributed by atoms with Crippen molar-refractivity contribution >= 4 is 17.3 Å². The molecule has 0 saturated carbocycles. The van der Waals surface area contributed by atoms with Gasteiger partial charge in [0.15, 0.2) is 0 Å². The summed E-state index contributed by atoms with van der Waals surface area (Å²) in [6.07, 6.45) is 1.85. The third-order valence-corrected chi connectivity index (χ3v) is 3.15. The monoisotopic (exact) mass is 219 g/mol. The molecular formula is C11H13N3S. The summed E-state index contributed by atoms with van der Waals surface area (Å²) in [5.74, 6) is 0.668. The van der Waals surface area contributed by atoms with Crippen LogP contribution in [0.1, 0.15) is 10.4 Å². The van der Waals surface area contributed by atoms with E-state index in [0.717, 1.165) is 11.3 Å². The lowest BCUT2D eigenvalue weighted by Gasteiger charge is -2.06. The van der Waals surface area contributed by atoms with Gasteiger partial charge in [-0.15, -0.1) is 11.3 Å². The van der Waals surface area contributed by atoms with E-state index in [-0.39, 0.29) is 0 Å². The Morgan fingerprint density at radius 2 is 2.13 bits per heavy atom. The van der Waals surface area contributed by atoms with Gasteiger partial charge in [0, 0.05) is 23.7 Å². The number of nitrogens with zero attached hydrogens (tertiary/aromatic N) is 2. The van der Waals surface area contributed by atoms with Gasteiger partial charge in [-0.25, -0.2) is 9.97 Å². The van der Waals surface area contributed by atoms with Crippen molar-refractivity contribution in [1.82, 2.24) is 9.97 Å². The lowest BCUT2D eigenvalue weighted by Crippen LogP contribution is -1.99. The van der Waals surface area contributed by atoms with Gasteiger partial charge in [0.1, 0.15) is 0 Å². The SMILES string of the molecule is CNc1ncc(C)c(-c2ccsc2C)n1. The fourth-order valence-electron chi connectivity index (χ4n) is 1.47. The summed E-state index contributed by atoms with van der Waals surface area (Å²) in [6.45, 7) is 4.15. The number of aryl methyl sites for hydroxylation is 2. The zero-order valence-corrected chi connectivity index (χ0v) is 9.85. The van der Waals surface area contributed by atoms with Crippen LogP contribution in [0.5, 0.6) is 0 Å². The van der Waals surface area contributed by atoms with Gasteiger partial charge in [-0.3, -0.25) is 0 Å². The van der Waals surface area contributed by atoms with Gasteiger partial charge in [-0.1, -0.05) is 0 Å². The topological polar surface area (TPSA) is 37.8 Å². The summed E-state index contributed by atoms with van der Waals surface area (Å²) in [6, 6.07) is 2.11. The summed E-state index contributed by atoms with van der Waals surface area (Å²) in [5, 5.41) is 5.05. The van der Waals surface area contributed by atoms with Crippen LogP contribution in [0.4, 0.5) is 5.95 Å². The molecule has 78 valence electrons. The zero-order chi connectivity index (χ0) is 10.8. The predicted molar refractivity (Wildman–Crippen MR) is 64.4 cm³/mol. The van der Waals surface area contributed by atoms with E-state index in [1.54, 1.807) is 11.3 Å². The average Bonchev–Trinajstić information content (AvgIpc) is 2.65. The Morgan fingerprint density at radius 3 is 2.73 bits per heavy atom. The fraction of sp³-hybridized carbons (Fsp3) is 0.273. The van der Waals surface area contributed by atoms with Crippen molar-refractivity contribution in [3.05, 3.63) is 28.1 Å². The minimum absolute atomic E-state index is 0.668. The summed E-state index contributed by atoms with van der Waals surface area (Å²) < 4.78 is 0. The van der Waals surface area contributed by atoms with Crippen molar-refractivity contribution in [3.63, 3.8) is 0 Å². The lowest BCUT2D eigenvalue weighted by molar-refractivity contribution is 1.12. The van der Waals surface area contributed by atoms with Crippen molar-refractivity contribution in [3.8, 4) is 11.3 Å². The van der Waals surface area contributed by atoms with Crippen molar-refractivity contribution < 1.29 is 0 Å². The molecule has 2 aromatic heterocycles. The quantitative estimate of drug-likeness (QED) is 0.844. The van der Waals surface area contributed by atoms with Crippen LogP contribution >= 0.6 is 11.3 Å². The molecule has 0 saturated heterocycles. The Bertz CT molecular complexity index is 476. The fourth-order valence-corrected chi connectivity index (χ4v) is 2.17. The van der Waals surface area contributed by atoms with Crippen LogP contribution in [0, 0.1) is 13.8 Å². The standard InChI is InChI=1S/C11H13N3S/c1-7-6-13-11(12-3)14-10(7)9-4-5-15-8(9)2/h4-6H,1-3H3,(H,12,13,14). The first kappa shape index (κ1) is 10.1. The summed E-state index contributed by atoms with van der Waals surface area (Å²) in [4.78, 5) is 9.95. The highest BCUT2D eigenvalue weighted by Crippen LogP contribution is 2.28. The summed E-state index contributed by atoms with van der Waals surface area (Å²) >= 11 is 1.74. The number of anilines is 1. The summed E-state index contributed by atoms with van der Waals surface area (Å²) in [7, 11) is 1.83. The molecule has 2 heterocycles. The van der Waals surface area contributed by atoms with Gasteiger partial charge in [0.05, 0.1) is 5.69 Å². The third-order valence-electron chi connectivity index (χ3n) is 2.31. The Hall–Kier alpha value is -1.42. The van der Waals surface area contributed by atoms with Crippen LogP contribution in [-0.4, -0.2) is 17.0 Å². The maximum absolute atomic E-state index is 4.48. The van der Waals surface area contributed by atoms with Crippen molar-refractivity contribution in [2.24, 2.45) is 0 Å². The second-order valence-electron chi connectivity index (χ2n) is 3.37. The van der Waals surface area contributed by atoms with Gasteiger partial charge in [-0.2, -0.15) is 0 Å². The Kier molecular flexibility index (Phi) is 2.68. The Labute approximate surface area is 93.2 Å². The second-order valence-corrected chi connectivity index (χ2v) is 4.49. The number of nitrogens with one attached hydrogen (secondary N) is 1. The predicted octanol–water partition coefficient (Wildman–Crippen LogP) is 2.86. The average molecular weight is 219 g/mol. The van der Waals surface area contributed by atoms with Crippen molar-refractivity contribution in [2.75, 3.05) is 12.4 Å². The third kappa shape index (κ3) is 1.85. The second kappa shape index (κ2) is 3.98. The van der Waals surface area contributed by atoms with E-state index >= 15 is 0 Å². The van der Waals surface area contributed by atoms with Gasteiger partial charge in [0.25, 0.3) is 0 Å². The highest BCUT2D eigenvalue weighted by Gasteiger charge is 2.09. The van der Waals surface area contributed by atoms with E-state index in [1.165, 1.54) is 10.4 Å². The first-order valence-corrected chi connectivity index (χ1v) is 5.66. The molecule has 4 heteroatoms. The minimum atomic E-state index is 0.668. The van der Waals surface area contributed by atoms with Crippen molar-refractivity contribution in [1.29, 1.82) is 0 Å². The molecule has 1 N–H and O–H groups in total. The highest BCUT2D eigenvalue weighted by atomic mass is 32.1. The van der Waals surface area contributed by atoms with Crippen LogP contribution in [0.2, 0.25) is 0 Å². The molecule has 0 radical (unpaired) electrons. The van der Waals surface area contributed by atoms with E-state index in [0.29, 0.717) is 5.95 Å². The molecule has 0 atom stereocenters. The number of hydrogen-bond donors (Lipinski definition) is 1. The minimum Gasteiger partial charge on any atom is -0.357 e.